The van der Waals surface area contributed by atoms with Gasteiger partial charge in [-0.25, -0.2) is 0 Å². The van der Waals surface area contributed by atoms with Gasteiger partial charge in [-0.3, -0.25) is 4.79 Å². The van der Waals surface area contributed by atoms with Crippen molar-refractivity contribution < 1.29 is 9.32 Å². The number of anilines is 1. The highest BCUT2D eigenvalue weighted by atomic mass is 16.5. The number of carbonyl (C=O) groups excluding carboxylic acids is 1. The minimum absolute atomic E-state index is 0.0582. The van der Waals surface area contributed by atoms with E-state index in [-0.39, 0.29) is 5.89 Å². The van der Waals surface area contributed by atoms with Crippen LogP contribution in [0.3, 0.4) is 0 Å². The summed E-state index contributed by atoms with van der Waals surface area (Å²) in [6.07, 6.45) is 0. The third-order valence-corrected chi connectivity index (χ3v) is 3.05. The highest BCUT2D eigenvalue weighted by Crippen LogP contribution is 2.17. The molecule has 0 saturated heterocycles. The molecule has 1 N–H and O–H groups in total. The maximum atomic E-state index is 12.1. The van der Waals surface area contributed by atoms with E-state index < -0.39 is 5.91 Å². The molecule has 0 unspecified atom stereocenters. The van der Waals surface area contributed by atoms with Gasteiger partial charge in [0.05, 0.1) is 0 Å². The number of amides is 1. The van der Waals surface area contributed by atoms with Crippen LogP contribution in [0.4, 0.5) is 5.69 Å². The summed E-state index contributed by atoms with van der Waals surface area (Å²) in [5.41, 5.74) is 2.49. The van der Waals surface area contributed by atoms with Crippen molar-refractivity contribution in [3.8, 4) is 11.4 Å². The first kappa shape index (κ1) is 13.1. The fourth-order valence-electron chi connectivity index (χ4n) is 1.91. The zero-order chi connectivity index (χ0) is 14.7. The van der Waals surface area contributed by atoms with Crippen LogP contribution in [0.25, 0.3) is 11.4 Å². The van der Waals surface area contributed by atoms with Gasteiger partial charge in [0, 0.05) is 11.3 Å². The van der Waals surface area contributed by atoms with Crippen LogP contribution in [0.15, 0.2) is 59.1 Å². The highest BCUT2D eigenvalue weighted by molar-refractivity contribution is 6.01. The Kier molecular flexibility index (Phi) is 3.47. The average molecular weight is 279 g/mol. The lowest BCUT2D eigenvalue weighted by atomic mass is 10.2. The second-order valence-electron chi connectivity index (χ2n) is 4.56. The first-order valence-corrected chi connectivity index (χ1v) is 6.50. The van der Waals surface area contributed by atoms with Gasteiger partial charge in [0.15, 0.2) is 0 Å². The maximum Gasteiger partial charge on any atom is 0.316 e. The fourth-order valence-corrected chi connectivity index (χ4v) is 1.91. The molecule has 0 aliphatic heterocycles. The summed E-state index contributed by atoms with van der Waals surface area (Å²) in [7, 11) is 0. The molecule has 1 amide bonds. The first-order chi connectivity index (χ1) is 10.2. The Morgan fingerprint density at radius 3 is 2.52 bits per heavy atom. The van der Waals surface area contributed by atoms with Crippen LogP contribution >= 0.6 is 0 Å². The number of nitrogens with zero attached hydrogens (tertiary/aromatic N) is 2. The van der Waals surface area contributed by atoms with E-state index in [9.17, 15) is 4.79 Å². The molecule has 0 atom stereocenters. The molecule has 0 aliphatic rings. The quantitative estimate of drug-likeness (QED) is 0.798. The number of nitrogens with one attached hydrogen (secondary N) is 1. The number of rotatable bonds is 3. The van der Waals surface area contributed by atoms with Crippen molar-refractivity contribution in [3.63, 3.8) is 0 Å². The van der Waals surface area contributed by atoms with E-state index in [0.717, 1.165) is 16.8 Å². The molecule has 0 bridgehead atoms. The predicted molar refractivity (Wildman–Crippen MR) is 78.9 cm³/mol. The monoisotopic (exact) mass is 279 g/mol. The Morgan fingerprint density at radius 2 is 1.76 bits per heavy atom. The van der Waals surface area contributed by atoms with Gasteiger partial charge in [0.2, 0.25) is 5.82 Å². The van der Waals surface area contributed by atoms with Crippen molar-refractivity contribution in [2.45, 2.75) is 6.92 Å². The second kappa shape index (κ2) is 5.58. The zero-order valence-electron chi connectivity index (χ0n) is 11.4. The topological polar surface area (TPSA) is 68.0 Å². The Bertz CT molecular complexity index is 766. The third-order valence-electron chi connectivity index (χ3n) is 3.05. The molecule has 2 aromatic carbocycles. The normalized spacial score (nSPS) is 10.3. The van der Waals surface area contributed by atoms with Crippen LogP contribution in [0.1, 0.15) is 16.2 Å². The van der Waals surface area contributed by atoms with E-state index in [1.54, 1.807) is 0 Å². The molecule has 21 heavy (non-hydrogen) atoms. The summed E-state index contributed by atoms with van der Waals surface area (Å²) < 4.78 is 5.02. The number of benzene rings is 2. The van der Waals surface area contributed by atoms with E-state index in [2.05, 4.69) is 15.5 Å². The molecular weight excluding hydrogens is 266 g/mol. The Morgan fingerprint density at radius 1 is 1.05 bits per heavy atom. The molecule has 0 radical (unpaired) electrons. The van der Waals surface area contributed by atoms with Crippen LogP contribution in [0.5, 0.6) is 0 Å². The van der Waals surface area contributed by atoms with Gasteiger partial charge >= 0.3 is 11.8 Å². The van der Waals surface area contributed by atoms with Gasteiger partial charge < -0.3 is 9.84 Å². The summed E-state index contributed by atoms with van der Waals surface area (Å²) in [6, 6.07) is 16.9. The molecular formula is C16H13N3O2. The molecule has 1 heterocycles. The van der Waals surface area contributed by atoms with Gasteiger partial charge in [-0.05, 0) is 18.6 Å². The second-order valence-corrected chi connectivity index (χ2v) is 4.56. The van der Waals surface area contributed by atoms with E-state index >= 15 is 0 Å². The van der Waals surface area contributed by atoms with Gasteiger partial charge in [-0.2, -0.15) is 4.98 Å². The van der Waals surface area contributed by atoms with E-state index in [1.807, 2.05) is 61.5 Å². The molecule has 0 saturated carbocycles. The number of carbonyl (C=O) groups is 1. The predicted octanol–water partition coefficient (Wildman–Crippen LogP) is 3.30. The van der Waals surface area contributed by atoms with Crippen molar-refractivity contribution in [2.75, 3.05) is 5.32 Å². The van der Waals surface area contributed by atoms with Crippen molar-refractivity contribution in [3.05, 3.63) is 66.1 Å². The summed E-state index contributed by atoms with van der Waals surface area (Å²) in [4.78, 5) is 16.2. The minimum atomic E-state index is -0.418. The van der Waals surface area contributed by atoms with Gasteiger partial charge in [0.1, 0.15) is 0 Å². The number of para-hydroxylation sites is 1. The van der Waals surface area contributed by atoms with Crippen LogP contribution in [0.2, 0.25) is 0 Å². The van der Waals surface area contributed by atoms with Gasteiger partial charge in [0.25, 0.3) is 0 Å². The fraction of sp³-hybridized carbons (Fsp3) is 0.0625. The molecule has 3 rings (SSSR count). The average Bonchev–Trinajstić information content (AvgIpc) is 3.00. The summed E-state index contributed by atoms with van der Waals surface area (Å²) in [6.45, 7) is 1.92. The van der Waals surface area contributed by atoms with Crippen LogP contribution < -0.4 is 5.32 Å². The zero-order valence-corrected chi connectivity index (χ0v) is 11.4. The summed E-state index contributed by atoms with van der Waals surface area (Å²) in [5, 5.41) is 6.58. The number of aromatic nitrogens is 2. The van der Waals surface area contributed by atoms with Gasteiger partial charge in [-0.15, -0.1) is 0 Å². The molecule has 0 aliphatic carbocycles. The summed E-state index contributed by atoms with van der Waals surface area (Å²) >= 11 is 0. The lowest BCUT2D eigenvalue weighted by molar-refractivity contribution is 0.0981. The Hall–Kier alpha value is -2.95. The lowest BCUT2D eigenvalue weighted by Gasteiger charge is -2.04. The molecule has 5 nitrogen and oxygen atoms in total. The standard InChI is InChI=1S/C16H13N3O2/c1-11-7-5-6-10-13(11)17-15(20)16-18-14(19-21-16)12-8-3-2-4-9-12/h2-10H,1H3,(H,17,20). The molecule has 104 valence electrons. The molecule has 1 aromatic heterocycles. The number of hydrogen-bond acceptors (Lipinski definition) is 4. The number of aryl methyl sites for hydroxylation is 1. The summed E-state index contributed by atoms with van der Waals surface area (Å²) in [5.74, 6) is -0.0818. The van der Waals surface area contributed by atoms with Crippen LogP contribution in [-0.2, 0) is 0 Å². The maximum absolute atomic E-state index is 12.1. The highest BCUT2D eigenvalue weighted by Gasteiger charge is 2.16. The first-order valence-electron chi connectivity index (χ1n) is 6.50. The molecule has 5 heteroatoms. The van der Waals surface area contributed by atoms with Crippen molar-refractivity contribution in [2.24, 2.45) is 0 Å². The van der Waals surface area contributed by atoms with Crippen molar-refractivity contribution in [1.82, 2.24) is 10.1 Å². The van der Waals surface area contributed by atoms with Crippen LogP contribution in [0, 0.1) is 6.92 Å². The van der Waals surface area contributed by atoms with E-state index in [1.165, 1.54) is 0 Å². The Labute approximate surface area is 121 Å². The van der Waals surface area contributed by atoms with E-state index in [0.29, 0.717) is 5.82 Å². The lowest BCUT2D eigenvalue weighted by Crippen LogP contribution is -2.13. The number of hydrogen-bond donors (Lipinski definition) is 1. The third kappa shape index (κ3) is 2.81. The largest absolute Gasteiger partial charge is 0.328 e. The molecule has 0 fully saturated rings. The SMILES string of the molecule is Cc1ccccc1NC(=O)c1nc(-c2ccccc2)no1. The Balaban J connectivity index is 1.80. The van der Waals surface area contributed by atoms with Crippen molar-refractivity contribution in [1.29, 1.82) is 0 Å². The minimum Gasteiger partial charge on any atom is -0.328 e. The van der Waals surface area contributed by atoms with Crippen molar-refractivity contribution >= 4 is 11.6 Å². The van der Waals surface area contributed by atoms with Gasteiger partial charge in [-0.1, -0.05) is 53.7 Å². The smallest absolute Gasteiger partial charge is 0.316 e. The van der Waals surface area contributed by atoms with E-state index in [4.69, 9.17) is 4.52 Å². The molecule has 0 spiro atoms. The van der Waals surface area contributed by atoms with Crippen LogP contribution in [-0.4, -0.2) is 16.0 Å². The molecule has 3 aromatic rings.